The number of ether oxygens (including phenoxy) is 1. The fourth-order valence-corrected chi connectivity index (χ4v) is 3.09. The molecule has 2 amide bonds. The first-order chi connectivity index (χ1) is 13.2. The summed E-state index contributed by atoms with van der Waals surface area (Å²) in [5.74, 6) is 0.651. The van der Waals surface area contributed by atoms with Crippen molar-refractivity contribution in [3.63, 3.8) is 0 Å². The second kappa shape index (κ2) is 9.40. The minimum absolute atomic E-state index is 0.0406. The summed E-state index contributed by atoms with van der Waals surface area (Å²) >= 11 is 0. The Labute approximate surface area is 167 Å². The molecule has 5 nitrogen and oxygen atoms in total. The maximum Gasteiger partial charge on any atom is 0.224 e. The van der Waals surface area contributed by atoms with Gasteiger partial charge in [-0.1, -0.05) is 51.1 Å². The summed E-state index contributed by atoms with van der Waals surface area (Å²) in [6, 6.07) is 15.4. The Balaban J connectivity index is 1.99. The van der Waals surface area contributed by atoms with Gasteiger partial charge in [0.1, 0.15) is 5.75 Å². The van der Waals surface area contributed by atoms with Crippen molar-refractivity contribution >= 4 is 17.5 Å². The smallest absolute Gasteiger partial charge is 0.224 e. The normalized spacial score (nSPS) is 11.0. The first-order valence-electron chi connectivity index (χ1n) is 9.49. The van der Waals surface area contributed by atoms with E-state index < -0.39 is 0 Å². The molecule has 0 saturated heterocycles. The predicted molar refractivity (Wildman–Crippen MR) is 113 cm³/mol. The number of anilines is 1. The molecule has 2 aromatic carbocycles. The number of para-hydroxylation sites is 1. The molecule has 0 fully saturated rings. The molecule has 0 aromatic heterocycles. The molecule has 0 spiro atoms. The quantitative estimate of drug-likeness (QED) is 0.794. The van der Waals surface area contributed by atoms with Gasteiger partial charge in [0.2, 0.25) is 11.8 Å². The summed E-state index contributed by atoms with van der Waals surface area (Å²) in [6.07, 6.45) is 0.294. The average Bonchev–Trinajstić information content (AvgIpc) is 2.65. The fraction of sp³-hybridized carbons (Fsp3) is 0.391. The van der Waals surface area contributed by atoms with Crippen molar-refractivity contribution in [1.29, 1.82) is 0 Å². The third-order valence-electron chi connectivity index (χ3n) is 4.56. The third kappa shape index (κ3) is 5.84. The van der Waals surface area contributed by atoms with Crippen LogP contribution in [0.15, 0.2) is 48.5 Å². The van der Waals surface area contributed by atoms with E-state index in [1.54, 1.807) is 18.9 Å². The lowest BCUT2D eigenvalue weighted by molar-refractivity contribution is -0.121. The van der Waals surface area contributed by atoms with Crippen LogP contribution >= 0.6 is 0 Å². The molecule has 0 atom stereocenters. The van der Waals surface area contributed by atoms with Crippen LogP contribution in [0.3, 0.4) is 0 Å². The first kappa shape index (κ1) is 21.5. The Bertz CT molecular complexity index is 807. The molecule has 0 bridgehead atoms. The van der Waals surface area contributed by atoms with E-state index in [9.17, 15) is 9.59 Å². The van der Waals surface area contributed by atoms with E-state index in [2.05, 4.69) is 26.1 Å². The summed E-state index contributed by atoms with van der Waals surface area (Å²) < 4.78 is 5.13. The Morgan fingerprint density at radius 3 is 2.25 bits per heavy atom. The number of nitrogens with zero attached hydrogens (tertiary/aromatic N) is 1. The molecular formula is C23H30N2O3. The van der Waals surface area contributed by atoms with Crippen molar-refractivity contribution in [2.75, 3.05) is 25.1 Å². The van der Waals surface area contributed by atoms with Gasteiger partial charge in [0.25, 0.3) is 0 Å². The topological polar surface area (TPSA) is 58.6 Å². The van der Waals surface area contributed by atoms with E-state index >= 15 is 0 Å². The first-order valence-corrected chi connectivity index (χ1v) is 9.49. The predicted octanol–water partition coefficient (Wildman–Crippen LogP) is 3.70. The number of amides is 2. The molecule has 0 aliphatic rings. The number of hydrogen-bond acceptors (Lipinski definition) is 3. The van der Waals surface area contributed by atoms with Crippen LogP contribution in [-0.4, -0.2) is 32.0 Å². The van der Waals surface area contributed by atoms with Gasteiger partial charge < -0.3 is 15.0 Å². The summed E-state index contributed by atoms with van der Waals surface area (Å²) in [6.45, 7) is 8.75. The van der Waals surface area contributed by atoms with Crippen LogP contribution in [0.25, 0.3) is 0 Å². The largest absolute Gasteiger partial charge is 0.497 e. The van der Waals surface area contributed by atoms with Crippen molar-refractivity contribution in [2.24, 2.45) is 0 Å². The summed E-state index contributed by atoms with van der Waals surface area (Å²) in [4.78, 5) is 26.2. The molecule has 0 radical (unpaired) electrons. The molecule has 1 N–H and O–H groups in total. The van der Waals surface area contributed by atoms with Gasteiger partial charge in [-0.2, -0.15) is 0 Å². The monoisotopic (exact) mass is 382 g/mol. The Kier molecular flexibility index (Phi) is 7.21. The molecule has 28 heavy (non-hydrogen) atoms. The number of hydrogen-bond donors (Lipinski definition) is 1. The Morgan fingerprint density at radius 2 is 1.68 bits per heavy atom. The van der Waals surface area contributed by atoms with Crippen molar-refractivity contribution in [2.45, 2.75) is 39.5 Å². The number of carbonyl (C=O) groups is 2. The number of methoxy groups -OCH3 is 1. The van der Waals surface area contributed by atoms with Crippen LogP contribution < -0.4 is 15.0 Å². The molecule has 150 valence electrons. The zero-order chi connectivity index (χ0) is 20.7. The van der Waals surface area contributed by atoms with E-state index in [1.165, 1.54) is 0 Å². The van der Waals surface area contributed by atoms with Crippen LogP contribution in [0.2, 0.25) is 0 Å². The van der Waals surface area contributed by atoms with Gasteiger partial charge in [-0.15, -0.1) is 0 Å². The van der Waals surface area contributed by atoms with Gasteiger partial charge in [0, 0.05) is 25.7 Å². The highest BCUT2D eigenvalue weighted by atomic mass is 16.5. The molecule has 0 unspecified atom stereocenters. The highest BCUT2D eigenvalue weighted by Gasteiger charge is 2.22. The van der Waals surface area contributed by atoms with Crippen LogP contribution in [-0.2, 0) is 21.4 Å². The SMILES string of the molecule is COc1ccc(CC(=O)NCCN(C(C)=O)c2ccccc2C(C)(C)C)cc1. The fourth-order valence-electron chi connectivity index (χ4n) is 3.09. The molecule has 0 heterocycles. The van der Waals surface area contributed by atoms with Gasteiger partial charge >= 0.3 is 0 Å². The second-order valence-corrected chi connectivity index (χ2v) is 7.81. The summed E-state index contributed by atoms with van der Waals surface area (Å²) in [5.41, 5.74) is 2.84. The zero-order valence-corrected chi connectivity index (χ0v) is 17.4. The van der Waals surface area contributed by atoms with E-state index in [1.807, 2.05) is 48.5 Å². The van der Waals surface area contributed by atoms with Crippen molar-refractivity contribution in [1.82, 2.24) is 5.32 Å². The lowest BCUT2D eigenvalue weighted by Crippen LogP contribution is -2.39. The number of carbonyl (C=O) groups excluding carboxylic acids is 2. The standard InChI is InChI=1S/C23H30N2O3/c1-17(26)25(21-9-7-6-8-20(21)23(2,3)4)15-14-24-22(27)16-18-10-12-19(28-5)13-11-18/h6-13H,14-16H2,1-5H3,(H,24,27). The zero-order valence-electron chi connectivity index (χ0n) is 17.4. The van der Waals surface area contributed by atoms with E-state index in [-0.39, 0.29) is 17.2 Å². The lowest BCUT2D eigenvalue weighted by Gasteiger charge is -2.29. The molecule has 0 aliphatic heterocycles. The number of benzene rings is 2. The van der Waals surface area contributed by atoms with E-state index in [0.717, 1.165) is 22.6 Å². The lowest BCUT2D eigenvalue weighted by atomic mass is 9.85. The average molecular weight is 383 g/mol. The van der Waals surface area contributed by atoms with Gasteiger partial charge in [-0.25, -0.2) is 0 Å². The number of nitrogens with one attached hydrogen (secondary N) is 1. The maximum atomic E-state index is 12.3. The van der Waals surface area contributed by atoms with Gasteiger partial charge in [0.15, 0.2) is 0 Å². The van der Waals surface area contributed by atoms with Gasteiger partial charge in [0.05, 0.1) is 13.5 Å². The number of rotatable bonds is 7. The van der Waals surface area contributed by atoms with E-state index in [4.69, 9.17) is 4.74 Å². The van der Waals surface area contributed by atoms with Crippen LogP contribution in [0.4, 0.5) is 5.69 Å². The molecular weight excluding hydrogens is 352 g/mol. The second-order valence-electron chi connectivity index (χ2n) is 7.81. The molecule has 2 aromatic rings. The molecule has 5 heteroatoms. The maximum absolute atomic E-state index is 12.3. The van der Waals surface area contributed by atoms with Crippen molar-refractivity contribution in [3.8, 4) is 5.75 Å². The molecule has 0 aliphatic carbocycles. The van der Waals surface area contributed by atoms with E-state index in [0.29, 0.717) is 19.5 Å². The minimum atomic E-state index is -0.0814. The third-order valence-corrected chi connectivity index (χ3v) is 4.56. The van der Waals surface area contributed by atoms with Crippen LogP contribution in [0.1, 0.15) is 38.8 Å². The molecule has 0 saturated carbocycles. The van der Waals surface area contributed by atoms with Crippen LogP contribution in [0.5, 0.6) is 5.75 Å². The molecule has 2 rings (SSSR count). The van der Waals surface area contributed by atoms with Gasteiger partial charge in [-0.3, -0.25) is 9.59 Å². The van der Waals surface area contributed by atoms with Crippen molar-refractivity contribution in [3.05, 3.63) is 59.7 Å². The minimum Gasteiger partial charge on any atom is -0.497 e. The summed E-state index contributed by atoms with van der Waals surface area (Å²) in [5, 5.41) is 2.91. The highest BCUT2D eigenvalue weighted by Crippen LogP contribution is 2.31. The Hall–Kier alpha value is -2.82. The highest BCUT2D eigenvalue weighted by molar-refractivity contribution is 5.92. The van der Waals surface area contributed by atoms with Crippen molar-refractivity contribution < 1.29 is 14.3 Å². The van der Waals surface area contributed by atoms with Gasteiger partial charge in [-0.05, 0) is 34.7 Å². The summed E-state index contributed by atoms with van der Waals surface area (Å²) in [7, 11) is 1.61. The van der Waals surface area contributed by atoms with Crippen LogP contribution in [0, 0.1) is 0 Å². The Morgan fingerprint density at radius 1 is 1.04 bits per heavy atom.